The molecule has 5 heteroatoms. The minimum Gasteiger partial charge on any atom is -0.315 e. The molecule has 3 nitrogen and oxygen atoms in total. The molecule has 2 aromatic rings. The second kappa shape index (κ2) is 5.49. The summed E-state index contributed by atoms with van der Waals surface area (Å²) >= 11 is 7.12. The average Bonchev–Trinajstić information content (AvgIpc) is 2.72. The molecule has 0 bridgehead atoms. The lowest BCUT2D eigenvalue weighted by atomic mass is 10.1. The lowest BCUT2D eigenvalue weighted by Gasteiger charge is -2.13. The van der Waals surface area contributed by atoms with Crippen LogP contribution in [0.2, 0.25) is 5.02 Å². The van der Waals surface area contributed by atoms with Gasteiger partial charge in [-0.15, -0.1) is 0 Å². The molecule has 0 amide bonds. The van der Waals surface area contributed by atoms with Crippen molar-refractivity contribution in [3.05, 3.63) is 55.6 Å². The Labute approximate surface area is 108 Å². The van der Waals surface area contributed by atoms with E-state index >= 15 is 0 Å². The maximum Gasteiger partial charge on any atom is 0.304 e. The molecule has 0 fully saturated rings. The zero-order valence-corrected chi connectivity index (χ0v) is 10.9. The van der Waals surface area contributed by atoms with Gasteiger partial charge < -0.3 is 10.3 Å². The van der Waals surface area contributed by atoms with Crippen LogP contribution in [0.5, 0.6) is 0 Å². The molecule has 0 aliphatic rings. The summed E-state index contributed by atoms with van der Waals surface area (Å²) < 4.78 is 0. The fraction of sp³-hybridized carbons (Fsp3) is 0.250. The van der Waals surface area contributed by atoms with Gasteiger partial charge in [0.05, 0.1) is 0 Å². The molecular formula is C12H13ClN2OS. The van der Waals surface area contributed by atoms with Gasteiger partial charge in [-0.2, -0.15) is 0 Å². The van der Waals surface area contributed by atoms with Crippen molar-refractivity contribution < 1.29 is 0 Å². The van der Waals surface area contributed by atoms with E-state index in [1.165, 1.54) is 11.3 Å². The summed E-state index contributed by atoms with van der Waals surface area (Å²) in [5.41, 5.74) is 2.05. The predicted octanol–water partition coefficient (Wildman–Crippen LogP) is 2.94. The Hall–Kier alpha value is -1.10. The van der Waals surface area contributed by atoms with Gasteiger partial charge in [0.25, 0.3) is 0 Å². The van der Waals surface area contributed by atoms with Gasteiger partial charge in [0.15, 0.2) is 0 Å². The topological polar surface area (TPSA) is 44.9 Å². The Kier molecular flexibility index (Phi) is 3.99. The van der Waals surface area contributed by atoms with Crippen LogP contribution >= 0.6 is 22.9 Å². The van der Waals surface area contributed by atoms with Crippen LogP contribution in [0.1, 0.15) is 24.2 Å². The molecule has 1 unspecified atom stereocenters. The van der Waals surface area contributed by atoms with Crippen LogP contribution in [-0.4, -0.2) is 4.98 Å². The van der Waals surface area contributed by atoms with Crippen molar-refractivity contribution in [1.29, 1.82) is 0 Å². The van der Waals surface area contributed by atoms with Gasteiger partial charge in [0.2, 0.25) is 0 Å². The Bertz CT molecular complexity index is 549. The lowest BCUT2D eigenvalue weighted by Crippen LogP contribution is -2.18. The standard InChI is InChI=1S/C12H13ClN2OS/c1-8(9-3-2-4-10(13)5-9)14-6-11-7-17-12(16)15-11/h2-5,7-8,14H,6H2,1H3,(H,15,16). The summed E-state index contributed by atoms with van der Waals surface area (Å²) in [6.45, 7) is 2.71. The first-order valence-electron chi connectivity index (χ1n) is 5.30. The van der Waals surface area contributed by atoms with Crippen LogP contribution in [0.4, 0.5) is 0 Å². The van der Waals surface area contributed by atoms with Crippen molar-refractivity contribution in [1.82, 2.24) is 10.3 Å². The van der Waals surface area contributed by atoms with Crippen LogP contribution in [0.3, 0.4) is 0 Å². The summed E-state index contributed by atoms with van der Waals surface area (Å²) in [5, 5.41) is 5.90. The molecule has 0 spiro atoms. The number of halogens is 1. The van der Waals surface area contributed by atoms with Crippen LogP contribution in [-0.2, 0) is 6.54 Å². The van der Waals surface area contributed by atoms with Gasteiger partial charge in [-0.25, -0.2) is 0 Å². The first-order valence-corrected chi connectivity index (χ1v) is 6.56. The normalized spacial score (nSPS) is 12.6. The molecule has 0 saturated carbocycles. The van der Waals surface area contributed by atoms with Crippen LogP contribution in [0.15, 0.2) is 34.4 Å². The fourth-order valence-electron chi connectivity index (χ4n) is 1.56. The molecule has 0 aliphatic heterocycles. The third-order valence-corrected chi connectivity index (χ3v) is 3.47. The van der Waals surface area contributed by atoms with E-state index in [-0.39, 0.29) is 10.9 Å². The highest BCUT2D eigenvalue weighted by molar-refractivity contribution is 7.07. The van der Waals surface area contributed by atoms with Gasteiger partial charge in [-0.1, -0.05) is 35.1 Å². The Morgan fingerprint density at radius 3 is 3.00 bits per heavy atom. The molecule has 1 aromatic carbocycles. The van der Waals surface area contributed by atoms with Crippen LogP contribution in [0, 0.1) is 0 Å². The van der Waals surface area contributed by atoms with Crippen LogP contribution in [0.25, 0.3) is 0 Å². The summed E-state index contributed by atoms with van der Waals surface area (Å²) in [7, 11) is 0. The fourth-order valence-corrected chi connectivity index (χ4v) is 2.34. The third kappa shape index (κ3) is 3.43. The number of H-pyrrole nitrogens is 1. The van der Waals surface area contributed by atoms with Crippen molar-refractivity contribution in [2.45, 2.75) is 19.5 Å². The number of aromatic nitrogens is 1. The smallest absolute Gasteiger partial charge is 0.304 e. The van der Waals surface area contributed by atoms with E-state index < -0.39 is 0 Å². The van der Waals surface area contributed by atoms with E-state index in [4.69, 9.17) is 11.6 Å². The van der Waals surface area contributed by atoms with E-state index in [0.29, 0.717) is 6.54 Å². The molecule has 0 aliphatic carbocycles. The van der Waals surface area contributed by atoms with E-state index in [1.54, 1.807) is 0 Å². The molecule has 0 saturated heterocycles. The second-order valence-corrected chi connectivity index (χ2v) is 5.11. The molecule has 1 atom stereocenters. The van der Waals surface area contributed by atoms with Gasteiger partial charge >= 0.3 is 4.87 Å². The minimum absolute atomic E-state index is 0.0165. The highest BCUT2D eigenvalue weighted by atomic mass is 35.5. The molecule has 17 heavy (non-hydrogen) atoms. The van der Waals surface area contributed by atoms with Crippen molar-refractivity contribution in [3.8, 4) is 0 Å². The van der Waals surface area contributed by atoms with Gasteiger partial charge in [0, 0.05) is 28.7 Å². The SMILES string of the molecule is CC(NCc1csc(=O)[nH]1)c1cccc(Cl)c1. The van der Waals surface area contributed by atoms with Crippen LogP contribution < -0.4 is 10.2 Å². The highest BCUT2D eigenvalue weighted by Gasteiger charge is 2.05. The summed E-state index contributed by atoms with van der Waals surface area (Å²) in [6, 6.07) is 7.95. The summed E-state index contributed by atoms with van der Waals surface area (Å²) in [4.78, 5) is 13.7. The number of benzene rings is 1. The number of hydrogen-bond acceptors (Lipinski definition) is 3. The van der Waals surface area contributed by atoms with Gasteiger partial charge in [0.1, 0.15) is 0 Å². The number of rotatable bonds is 4. The second-order valence-electron chi connectivity index (χ2n) is 3.83. The third-order valence-electron chi connectivity index (χ3n) is 2.52. The van der Waals surface area contributed by atoms with E-state index in [9.17, 15) is 4.79 Å². The molecule has 1 aromatic heterocycles. The van der Waals surface area contributed by atoms with E-state index in [0.717, 1.165) is 16.3 Å². The Morgan fingerprint density at radius 2 is 2.35 bits per heavy atom. The molecule has 1 heterocycles. The van der Waals surface area contributed by atoms with Crippen molar-refractivity contribution in [3.63, 3.8) is 0 Å². The minimum atomic E-state index is -0.0165. The van der Waals surface area contributed by atoms with Crippen molar-refractivity contribution in [2.75, 3.05) is 0 Å². The monoisotopic (exact) mass is 268 g/mol. The van der Waals surface area contributed by atoms with Crippen molar-refractivity contribution in [2.24, 2.45) is 0 Å². The molecule has 90 valence electrons. The maximum atomic E-state index is 11.0. The van der Waals surface area contributed by atoms with Crippen molar-refractivity contribution >= 4 is 22.9 Å². The van der Waals surface area contributed by atoms with E-state index in [1.807, 2.05) is 29.6 Å². The highest BCUT2D eigenvalue weighted by Crippen LogP contribution is 2.17. The number of aromatic amines is 1. The van der Waals surface area contributed by atoms with Gasteiger partial charge in [-0.05, 0) is 24.6 Å². The first-order chi connectivity index (χ1) is 8.15. The molecule has 2 N–H and O–H groups in total. The van der Waals surface area contributed by atoms with E-state index in [2.05, 4.69) is 17.2 Å². The Balaban J connectivity index is 1.97. The number of hydrogen-bond donors (Lipinski definition) is 2. The number of thiazole rings is 1. The summed E-state index contributed by atoms with van der Waals surface area (Å²) in [6.07, 6.45) is 0. The zero-order valence-electron chi connectivity index (χ0n) is 9.37. The summed E-state index contributed by atoms with van der Waals surface area (Å²) in [5.74, 6) is 0. The maximum absolute atomic E-state index is 11.0. The molecular weight excluding hydrogens is 256 g/mol. The van der Waals surface area contributed by atoms with Gasteiger partial charge in [-0.3, -0.25) is 4.79 Å². The quantitative estimate of drug-likeness (QED) is 0.896. The molecule has 0 radical (unpaired) electrons. The first kappa shape index (κ1) is 12.4. The predicted molar refractivity (Wildman–Crippen MR) is 71.6 cm³/mol. The Morgan fingerprint density at radius 1 is 1.53 bits per heavy atom. The average molecular weight is 269 g/mol. The molecule has 2 rings (SSSR count). The zero-order chi connectivity index (χ0) is 12.3. The largest absolute Gasteiger partial charge is 0.315 e. The number of nitrogens with one attached hydrogen (secondary N) is 2. The lowest BCUT2D eigenvalue weighted by molar-refractivity contribution is 0.569.